The van der Waals surface area contributed by atoms with Gasteiger partial charge in [0.15, 0.2) is 5.13 Å². The summed E-state index contributed by atoms with van der Waals surface area (Å²) in [5, 5.41) is 4.36. The monoisotopic (exact) mass is 198 g/mol. The molecule has 1 aliphatic rings. The Kier molecular flexibility index (Phi) is 2.80. The summed E-state index contributed by atoms with van der Waals surface area (Å²) in [5.74, 6) is 0. The first-order valence-corrected chi connectivity index (χ1v) is 5.52. The summed E-state index contributed by atoms with van der Waals surface area (Å²) in [6.07, 6.45) is 2.11. The van der Waals surface area contributed by atoms with E-state index < -0.39 is 0 Å². The SMILES string of the molecule is CCCNc1nc2c(s1)COCC2. The maximum atomic E-state index is 5.36. The van der Waals surface area contributed by atoms with Crippen molar-refractivity contribution >= 4 is 16.5 Å². The van der Waals surface area contributed by atoms with E-state index in [0.717, 1.165) is 37.7 Å². The predicted octanol–water partition coefficient (Wildman–Crippen LogP) is 2.04. The second kappa shape index (κ2) is 4.07. The third kappa shape index (κ3) is 2.00. The summed E-state index contributed by atoms with van der Waals surface area (Å²) in [4.78, 5) is 5.81. The highest BCUT2D eigenvalue weighted by Gasteiger charge is 2.14. The van der Waals surface area contributed by atoms with Gasteiger partial charge < -0.3 is 10.1 Å². The van der Waals surface area contributed by atoms with Crippen LogP contribution in [-0.2, 0) is 17.8 Å². The number of hydrogen-bond donors (Lipinski definition) is 1. The van der Waals surface area contributed by atoms with Crippen LogP contribution in [0.5, 0.6) is 0 Å². The molecule has 3 nitrogen and oxygen atoms in total. The van der Waals surface area contributed by atoms with Crippen LogP contribution in [0.3, 0.4) is 0 Å². The Morgan fingerprint density at radius 1 is 1.62 bits per heavy atom. The average molecular weight is 198 g/mol. The van der Waals surface area contributed by atoms with Gasteiger partial charge in [-0.15, -0.1) is 0 Å². The van der Waals surface area contributed by atoms with E-state index in [9.17, 15) is 0 Å². The highest BCUT2D eigenvalue weighted by Crippen LogP contribution is 2.26. The second-order valence-corrected chi connectivity index (χ2v) is 4.20. The lowest BCUT2D eigenvalue weighted by Gasteiger charge is -2.08. The normalized spacial score (nSPS) is 15.5. The molecule has 0 spiro atoms. The van der Waals surface area contributed by atoms with Crippen LogP contribution < -0.4 is 5.32 Å². The molecule has 2 rings (SSSR count). The Hall–Kier alpha value is -0.610. The topological polar surface area (TPSA) is 34.2 Å². The van der Waals surface area contributed by atoms with Crippen LogP contribution in [0.25, 0.3) is 0 Å². The maximum Gasteiger partial charge on any atom is 0.183 e. The summed E-state index contributed by atoms with van der Waals surface area (Å²) in [7, 11) is 0. The van der Waals surface area contributed by atoms with Crippen molar-refractivity contribution < 1.29 is 4.74 Å². The lowest BCUT2D eigenvalue weighted by atomic mass is 10.2. The minimum atomic E-state index is 0.751. The number of aromatic nitrogens is 1. The van der Waals surface area contributed by atoms with Gasteiger partial charge in [0.05, 0.1) is 23.8 Å². The summed E-state index contributed by atoms with van der Waals surface area (Å²) in [6.45, 7) is 4.74. The molecule has 0 saturated carbocycles. The highest BCUT2D eigenvalue weighted by atomic mass is 32.1. The molecular formula is C9H14N2OS. The molecule has 1 aromatic heterocycles. The van der Waals surface area contributed by atoms with Gasteiger partial charge in [0.2, 0.25) is 0 Å². The smallest absolute Gasteiger partial charge is 0.183 e. The van der Waals surface area contributed by atoms with Crippen LogP contribution in [0.15, 0.2) is 0 Å². The van der Waals surface area contributed by atoms with Crippen LogP contribution in [0.4, 0.5) is 5.13 Å². The Balaban J connectivity index is 2.07. The minimum absolute atomic E-state index is 0.751. The molecule has 0 bridgehead atoms. The van der Waals surface area contributed by atoms with E-state index in [4.69, 9.17) is 4.74 Å². The number of ether oxygens (including phenoxy) is 1. The van der Waals surface area contributed by atoms with Crippen molar-refractivity contribution in [3.63, 3.8) is 0 Å². The third-order valence-electron chi connectivity index (χ3n) is 2.02. The fraction of sp³-hybridized carbons (Fsp3) is 0.667. The molecule has 1 aliphatic heterocycles. The fourth-order valence-corrected chi connectivity index (χ4v) is 2.30. The number of hydrogen-bond acceptors (Lipinski definition) is 4. The van der Waals surface area contributed by atoms with Crippen LogP contribution >= 0.6 is 11.3 Å². The molecule has 1 aromatic rings. The number of rotatable bonds is 3. The Morgan fingerprint density at radius 3 is 3.31 bits per heavy atom. The van der Waals surface area contributed by atoms with Gasteiger partial charge in [-0.1, -0.05) is 18.3 Å². The van der Waals surface area contributed by atoms with Crippen molar-refractivity contribution in [3.05, 3.63) is 10.6 Å². The fourth-order valence-electron chi connectivity index (χ4n) is 1.33. The summed E-state index contributed by atoms with van der Waals surface area (Å²) in [5.41, 5.74) is 1.23. The average Bonchev–Trinajstić information content (AvgIpc) is 2.57. The molecule has 0 aromatic carbocycles. The number of thiazole rings is 1. The van der Waals surface area contributed by atoms with Crippen molar-refractivity contribution in [2.45, 2.75) is 26.4 Å². The first-order chi connectivity index (χ1) is 6.40. The van der Waals surface area contributed by atoms with Crippen molar-refractivity contribution in [2.75, 3.05) is 18.5 Å². The van der Waals surface area contributed by atoms with Gasteiger partial charge in [-0.05, 0) is 6.42 Å². The highest BCUT2D eigenvalue weighted by molar-refractivity contribution is 7.15. The Labute approximate surface area is 82.1 Å². The van der Waals surface area contributed by atoms with Gasteiger partial charge in [0.1, 0.15) is 0 Å². The number of fused-ring (bicyclic) bond motifs is 1. The second-order valence-electron chi connectivity index (χ2n) is 3.12. The van der Waals surface area contributed by atoms with E-state index in [1.54, 1.807) is 11.3 Å². The Morgan fingerprint density at radius 2 is 2.54 bits per heavy atom. The summed E-state index contributed by atoms with van der Waals surface area (Å²) in [6, 6.07) is 0. The largest absolute Gasteiger partial charge is 0.375 e. The molecule has 0 amide bonds. The van der Waals surface area contributed by atoms with Gasteiger partial charge >= 0.3 is 0 Å². The van der Waals surface area contributed by atoms with Gasteiger partial charge in [0.25, 0.3) is 0 Å². The molecule has 0 fully saturated rings. The zero-order valence-corrected chi connectivity index (χ0v) is 8.62. The number of nitrogens with one attached hydrogen (secondary N) is 1. The maximum absolute atomic E-state index is 5.36. The molecule has 4 heteroatoms. The van der Waals surface area contributed by atoms with Crippen LogP contribution in [0.1, 0.15) is 23.9 Å². The van der Waals surface area contributed by atoms with Crippen LogP contribution in [-0.4, -0.2) is 18.1 Å². The third-order valence-corrected chi connectivity index (χ3v) is 3.05. The zero-order chi connectivity index (χ0) is 9.10. The van der Waals surface area contributed by atoms with E-state index in [2.05, 4.69) is 17.2 Å². The molecule has 0 atom stereocenters. The van der Waals surface area contributed by atoms with E-state index in [0.29, 0.717) is 0 Å². The van der Waals surface area contributed by atoms with Crippen molar-refractivity contribution in [3.8, 4) is 0 Å². The van der Waals surface area contributed by atoms with Gasteiger partial charge in [-0.2, -0.15) is 0 Å². The van der Waals surface area contributed by atoms with E-state index in [-0.39, 0.29) is 0 Å². The van der Waals surface area contributed by atoms with Crippen molar-refractivity contribution in [1.82, 2.24) is 4.98 Å². The lowest BCUT2D eigenvalue weighted by molar-refractivity contribution is 0.112. The molecule has 0 unspecified atom stereocenters. The van der Waals surface area contributed by atoms with Gasteiger partial charge in [0, 0.05) is 13.0 Å². The lowest BCUT2D eigenvalue weighted by Crippen LogP contribution is -2.07. The molecular weight excluding hydrogens is 184 g/mol. The van der Waals surface area contributed by atoms with Gasteiger partial charge in [-0.25, -0.2) is 4.98 Å². The first-order valence-electron chi connectivity index (χ1n) is 4.70. The number of nitrogens with zero attached hydrogens (tertiary/aromatic N) is 1. The Bertz CT molecular complexity index is 262. The van der Waals surface area contributed by atoms with Gasteiger partial charge in [-0.3, -0.25) is 0 Å². The molecule has 2 heterocycles. The minimum Gasteiger partial charge on any atom is -0.375 e. The van der Waals surface area contributed by atoms with E-state index in [1.807, 2.05) is 0 Å². The zero-order valence-electron chi connectivity index (χ0n) is 7.80. The molecule has 72 valence electrons. The molecule has 0 aliphatic carbocycles. The number of anilines is 1. The van der Waals surface area contributed by atoms with Crippen molar-refractivity contribution in [1.29, 1.82) is 0 Å². The molecule has 13 heavy (non-hydrogen) atoms. The standard InChI is InChI=1S/C9H14N2OS/c1-2-4-10-9-11-7-3-5-12-6-8(7)13-9/h2-6H2,1H3,(H,10,11). The summed E-state index contributed by atoms with van der Waals surface area (Å²) < 4.78 is 5.36. The quantitative estimate of drug-likeness (QED) is 0.807. The van der Waals surface area contributed by atoms with E-state index >= 15 is 0 Å². The van der Waals surface area contributed by atoms with Crippen LogP contribution in [0, 0.1) is 0 Å². The molecule has 0 radical (unpaired) electrons. The predicted molar refractivity (Wildman–Crippen MR) is 54.3 cm³/mol. The molecule has 1 N–H and O–H groups in total. The van der Waals surface area contributed by atoms with Crippen LogP contribution in [0.2, 0.25) is 0 Å². The van der Waals surface area contributed by atoms with Crippen molar-refractivity contribution in [2.24, 2.45) is 0 Å². The van der Waals surface area contributed by atoms with E-state index in [1.165, 1.54) is 10.6 Å². The first kappa shape index (κ1) is 8.97. The summed E-state index contributed by atoms with van der Waals surface area (Å²) >= 11 is 1.73. The molecule has 0 saturated heterocycles.